The van der Waals surface area contributed by atoms with Gasteiger partial charge in [0.2, 0.25) is 10.0 Å². The van der Waals surface area contributed by atoms with Crippen molar-refractivity contribution in [3.63, 3.8) is 0 Å². The van der Waals surface area contributed by atoms with Crippen LogP contribution in [0.25, 0.3) is 6.08 Å². The third-order valence-electron chi connectivity index (χ3n) is 9.08. The molecule has 0 aliphatic carbocycles. The van der Waals surface area contributed by atoms with Gasteiger partial charge in [-0.25, -0.2) is 17.6 Å². The van der Waals surface area contributed by atoms with Crippen LogP contribution in [0, 0.1) is 17.7 Å². The number of aliphatic hydroxyl groups excluding tert-OH is 1. The predicted octanol–water partition coefficient (Wildman–Crippen LogP) is 3.35. The number of nitrogens with zero attached hydrogens (tertiary/aromatic N) is 4. The average molecular weight is 665 g/mol. The first-order chi connectivity index (χ1) is 21.7. The Bertz CT molecular complexity index is 1390. The Hall–Kier alpha value is -3.00. The molecule has 1 amide bonds. The number of hydrogen-bond donors (Lipinski definition) is 1. The molecule has 13 heteroatoms. The lowest BCUT2D eigenvalue weighted by atomic mass is 9.91. The van der Waals surface area contributed by atoms with Gasteiger partial charge in [0.15, 0.2) is 0 Å². The van der Waals surface area contributed by atoms with E-state index < -0.39 is 40.1 Å². The third-order valence-corrected chi connectivity index (χ3v) is 10.4. The molecule has 0 aromatic heterocycles. The van der Waals surface area contributed by atoms with Gasteiger partial charge in [0, 0.05) is 64.0 Å². The van der Waals surface area contributed by atoms with Crippen LogP contribution in [0.5, 0.6) is 0 Å². The maximum atomic E-state index is 14.8. The highest BCUT2D eigenvalue weighted by Gasteiger charge is 2.29. The quantitative estimate of drug-likeness (QED) is 0.374. The smallest absolute Gasteiger partial charge is 0.410 e. The van der Waals surface area contributed by atoms with Crippen LogP contribution >= 0.6 is 0 Å². The van der Waals surface area contributed by atoms with Crippen molar-refractivity contribution in [3.8, 4) is 0 Å². The van der Waals surface area contributed by atoms with Gasteiger partial charge in [-0.05, 0) is 68.1 Å². The monoisotopic (exact) mass is 664 g/mol. The first-order valence-electron chi connectivity index (χ1n) is 16.1. The fourth-order valence-electron chi connectivity index (χ4n) is 6.11. The number of aliphatic hydroxyl groups is 1. The molecular weight excluding hydrogens is 615 g/mol. The number of hydrogen-bond acceptors (Lipinski definition) is 9. The number of cyclic esters (lactones) is 1. The topological polar surface area (TPSA) is 120 Å². The Morgan fingerprint density at radius 2 is 1.70 bits per heavy atom. The lowest BCUT2D eigenvalue weighted by molar-refractivity contribution is -0.151. The Labute approximate surface area is 272 Å². The molecule has 5 atom stereocenters. The summed E-state index contributed by atoms with van der Waals surface area (Å²) in [6.07, 6.45) is 4.93. The van der Waals surface area contributed by atoms with E-state index in [2.05, 4.69) is 4.90 Å². The lowest BCUT2D eigenvalue weighted by Gasteiger charge is -2.35. The van der Waals surface area contributed by atoms with E-state index in [0.717, 1.165) is 13.1 Å². The average Bonchev–Trinajstić information content (AvgIpc) is 2.99. The van der Waals surface area contributed by atoms with Crippen molar-refractivity contribution in [2.45, 2.75) is 58.3 Å². The Morgan fingerprint density at radius 3 is 2.35 bits per heavy atom. The van der Waals surface area contributed by atoms with Crippen LogP contribution in [0.2, 0.25) is 0 Å². The number of esters is 1. The van der Waals surface area contributed by atoms with E-state index in [1.165, 1.54) is 22.7 Å². The summed E-state index contributed by atoms with van der Waals surface area (Å²) in [7, 11) is -1.27. The molecule has 256 valence electrons. The number of carbonyl (C=O) groups is 2. The maximum Gasteiger partial charge on any atom is 0.410 e. The zero-order chi connectivity index (χ0) is 33.6. The van der Waals surface area contributed by atoms with Crippen LogP contribution in [0.15, 0.2) is 35.9 Å². The van der Waals surface area contributed by atoms with Gasteiger partial charge in [-0.3, -0.25) is 4.79 Å². The zero-order valence-corrected chi connectivity index (χ0v) is 28.4. The number of amides is 1. The van der Waals surface area contributed by atoms with Crippen molar-refractivity contribution in [1.29, 1.82) is 0 Å². The molecule has 46 heavy (non-hydrogen) atoms. The number of sulfonamides is 1. The summed E-state index contributed by atoms with van der Waals surface area (Å²) in [6.45, 7) is 9.92. The molecule has 3 aliphatic heterocycles. The van der Waals surface area contributed by atoms with Gasteiger partial charge >= 0.3 is 12.1 Å². The second kappa shape index (κ2) is 15.7. The molecular formula is C33H49FN4O7S. The molecule has 0 saturated carbocycles. The largest absolute Gasteiger partial charge is 0.457 e. The van der Waals surface area contributed by atoms with Crippen molar-refractivity contribution in [2.75, 3.05) is 70.6 Å². The number of benzene rings is 1. The van der Waals surface area contributed by atoms with Crippen LogP contribution < -0.4 is 4.90 Å². The van der Waals surface area contributed by atoms with E-state index in [9.17, 15) is 27.5 Å². The van der Waals surface area contributed by atoms with Crippen molar-refractivity contribution < 1.29 is 37.0 Å². The molecule has 2 fully saturated rings. The van der Waals surface area contributed by atoms with E-state index in [1.54, 1.807) is 11.0 Å². The summed E-state index contributed by atoms with van der Waals surface area (Å²) in [5.74, 6) is -1.38. The van der Waals surface area contributed by atoms with Crippen molar-refractivity contribution >= 4 is 33.8 Å². The number of halogens is 1. The summed E-state index contributed by atoms with van der Waals surface area (Å²) in [5, 5.41) is 10.6. The Balaban J connectivity index is 1.55. The summed E-state index contributed by atoms with van der Waals surface area (Å²) in [4.78, 5) is 31.8. The second-order valence-electron chi connectivity index (χ2n) is 13.0. The molecule has 0 unspecified atom stereocenters. The van der Waals surface area contributed by atoms with Crippen LogP contribution in [0.4, 0.5) is 14.9 Å². The van der Waals surface area contributed by atoms with Gasteiger partial charge in [0.25, 0.3) is 0 Å². The highest BCUT2D eigenvalue weighted by atomic mass is 32.2. The number of ether oxygens (including phenoxy) is 2. The fraction of sp³-hybridized carbons (Fsp3) is 0.636. The van der Waals surface area contributed by atoms with Crippen LogP contribution in [0.3, 0.4) is 0 Å². The van der Waals surface area contributed by atoms with Gasteiger partial charge in [-0.1, -0.05) is 26.0 Å². The molecule has 11 nitrogen and oxygen atoms in total. The molecule has 3 aliphatic rings. The fourth-order valence-corrected chi connectivity index (χ4v) is 6.94. The normalized spacial score (nSPS) is 29.0. The minimum absolute atomic E-state index is 0.0925. The molecule has 2 saturated heterocycles. The molecule has 1 aromatic rings. The number of rotatable bonds is 5. The predicted molar refractivity (Wildman–Crippen MR) is 175 cm³/mol. The lowest BCUT2D eigenvalue weighted by Crippen LogP contribution is -2.48. The van der Waals surface area contributed by atoms with Gasteiger partial charge in [0.1, 0.15) is 18.0 Å². The van der Waals surface area contributed by atoms with E-state index in [1.807, 2.05) is 50.9 Å². The Morgan fingerprint density at radius 1 is 1.02 bits per heavy atom. The van der Waals surface area contributed by atoms with Gasteiger partial charge in [-0.15, -0.1) is 0 Å². The summed E-state index contributed by atoms with van der Waals surface area (Å²) >= 11 is 0. The molecule has 1 N–H and O–H groups in total. The van der Waals surface area contributed by atoms with Crippen molar-refractivity contribution in [2.24, 2.45) is 11.8 Å². The second-order valence-corrected chi connectivity index (χ2v) is 15.0. The third kappa shape index (κ3) is 10.00. The first-order valence-corrected chi connectivity index (χ1v) is 17.9. The molecule has 1 aromatic carbocycles. The van der Waals surface area contributed by atoms with E-state index in [0.29, 0.717) is 68.9 Å². The summed E-state index contributed by atoms with van der Waals surface area (Å²) in [5.41, 5.74) is 1.89. The van der Waals surface area contributed by atoms with Gasteiger partial charge < -0.3 is 29.3 Å². The van der Waals surface area contributed by atoms with Gasteiger partial charge in [0.05, 0.1) is 18.8 Å². The first kappa shape index (κ1) is 35.8. The molecule has 0 spiro atoms. The number of piperazine rings is 2. The van der Waals surface area contributed by atoms with Gasteiger partial charge in [-0.2, -0.15) is 4.31 Å². The van der Waals surface area contributed by atoms with E-state index in [4.69, 9.17) is 9.47 Å². The van der Waals surface area contributed by atoms with Crippen LogP contribution in [0.1, 0.15) is 45.6 Å². The van der Waals surface area contributed by atoms with Crippen LogP contribution in [-0.4, -0.2) is 124 Å². The molecule has 0 bridgehead atoms. The summed E-state index contributed by atoms with van der Waals surface area (Å²) in [6, 6.07) is 4.66. The molecule has 3 heterocycles. The molecule has 4 rings (SSSR count). The van der Waals surface area contributed by atoms with Crippen molar-refractivity contribution in [3.05, 3.63) is 47.3 Å². The highest BCUT2D eigenvalue weighted by molar-refractivity contribution is 7.88. The van der Waals surface area contributed by atoms with E-state index in [-0.39, 0.29) is 24.3 Å². The van der Waals surface area contributed by atoms with E-state index >= 15 is 0 Å². The zero-order valence-electron chi connectivity index (χ0n) is 27.6. The SMILES string of the molecule is C/C(=C\c1cc(F)cc(N2CCN(S(C)(=O)=O)CC2)c1)[C@H]1OC(=O)C[C@H](O)CC[C@H](C)[C@@H](OC(=O)N2CCN(C)CC2)/C=C/[C@@H]1C. The van der Waals surface area contributed by atoms with Crippen molar-refractivity contribution in [1.82, 2.24) is 14.1 Å². The Kier molecular flexibility index (Phi) is 12.3. The number of likely N-dealkylation sites (N-methyl/N-ethyl adjacent to an activating group) is 1. The minimum Gasteiger partial charge on any atom is -0.457 e. The highest BCUT2D eigenvalue weighted by Crippen LogP contribution is 2.28. The minimum atomic E-state index is -3.29. The number of anilines is 1. The standard InChI is InChI=1S/C33H49FN4O7S/c1-23-6-8-29(39)22-31(40)45-32(24(2)7-9-30(23)44-33(41)37-12-10-35(4)11-13-37)25(3)18-26-19-27(34)21-28(20-26)36-14-16-38(17-15-36)46(5,42)43/h7,9,18-21,23-24,29-30,32,39H,6,8,10-17,22H2,1-5H3/b9-7+,25-18+/t23-,24-,29+,30-,32-/m0/s1. The number of carbonyl (C=O) groups excluding carboxylic acids is 2. The maximum absolute atomic E-state index is 14.8. The summed E-state index contributed by atoms with van der Waals surface area (Å²) < 4.78 is 52.0. The molecule has 0 radical (unpaired) electrons. The van der Waals surface area contributed by atoms with Crippen LogP contribution in [-0.2, 0) is 24.3 Å².